The Labute approximate surface area is 177 Å². The van der Waals surface area contributed by atoms with Crippen LogP contribution in [0.1, 0.15) is 11.1 Å². The summed E-state index contributed by atoms with van der Waals surface area (Å²) in [7, 11) is 0. The second-order valence-electron chi connectivity index (χ2n) is 6.89. The van der Waals surface area contributed by atoms with Gasteiger partial charge in [0.25, 0.3) is 5.56 Å². The minimum absolute atomic E-state index is 0.127. The summed E-state index contributed by atoms with van der Waals surface area (Å²) in [5.74, 6) is -0.127. The van der Waals surface area contributed by atoms with Gasteiger partial charge in [-0.3, -0.25) is 14.2 Å². The number of nitrogens with one attached hydrogen (secondary N) is 1. The molecule has 0 aliphatic rings. The van der Waals surface area contributed by atoms with E-state index in [1.165, 1.54) is 12.5 Å². The molecule has 1 amide bonds. The summed E-state index contributed by atoms with van der Waals surface area (Å²) >= 11 is 6.09. The molecule has 0 aliphatic heterocycles. The topological polar surface area (TPSA) is 81.8 Å². The molecule has 0 aliphatic carbocycles. The zero-order valence-corrected chi connectivity index (χ0v) is 16.9. The molecule has 0 spiro atoms. The predicted octanol–water partition coefficient (Wildman–Crippen LogP) is 2.65. The fourth-order valence-electron chi connectivity index (χ4n) is 3.23. The van der Waals surface area contributed by atoms with Gasteiger partial charge in [0.1, 0.15) is 11.7 Å². The maximum atomic E-state index is 12.8. The standard InChI is InChI=1S/C22H20ClN5O2/c23-19-9-5-4-8-17(19)12-20(29)24-10-11-28-21-18(13-26-28)22(30)27(15-25-21)14-16-6-2-1-3-7-16/h1-9,13,15H,10-12,14H2,(H,24,29). The van der Waals surface area contributed by atoms with Crippen molar-refractivity contribution in [2.24, 2.45) is 0 Å². The van der Waals surface area contributed by atoms with E-state index in [1.807, 2.05) is 48.5 Å². The highest BCUT2D eigenvalue weighted by molar-refractivity contribution is 6.31. The van der Waals surface area contributed by atoms with Crippen molar-refractivity contribution in [3.63, 3.8) is 0 Å². The van der Waals surface area contributed by atoms with Crippen molar-refractivity contribution in [1.29, 1.82) is 0 Å². The largest absolute Gasteiger partial charge is 0.354 e. The number of carbonyl (C=O) groups excluding carboxylic acids is 1. The first-order chi connectivity index (χ1) is 14.6. The van der Waals surface area contributed by atoms with Gasteiger partial charge in [0.05, 0.1) is 25.7 Å². The summed E-state index contributed by atoms with van der Waals surface area (Å²) in [5, 5.41) is 8.14. The molecule has 7 nitrogen and oxygen atoms in total. The molecule has 152 valence electrons. The maximum Gasteiger partial charge on any atom is 0.264 e. The molecule has 4 rings (SSSR count). The molecular formula is C22H20ClN5O2. The van der Waals surface area contributed by atoms with Crippen LogP contribution in [0, 0.1) is 0 Å². The zero-order valence-electron chi connectivity index (χ0n) is 16.2. The van der Waals surface area contributed by atoms with Crippen molar-refractivity contribution in [3.05, 3.63) is 93.6 Å². The number of hydrogen-bond acceptors (Lipinski definition) is 4. The highest BCUT2D eigenvalue weighted by Gasteiger charge is 2.11. The van der Waals surface area contributed by atoms with Gasteiger partial charge in [-0.25, -0.2) is 9.67 Å². The maximum absolute atomic E-state index is 12.8. The van der Waals surface area contributed by atoms with Crippen molar-refractivity contribution in [3.8, 4) is 0 Å². The fourth-order valence-corrected chi connectivity index (χ4v) is 3.43. The Morgan fingerprint density at radius 1 is 1.07 bits per heavy atom. The van der Waals surface area contributed by atoms with E-state index in [9.17, 15) is 9.59 Å². The fraction of sp³-hybridized carbons (Fsp3) is 0.182. The summed E-state index contributed by atoms with van der Waals surface area (Å²) in [6, 6.07) is 17.0. The Morgan fingerprint density at radius 2 is 1.83 bits per heavy atom. The number of rotatable bonds is 7. The third-order valence-electron chi connectivity index (χ3n) is 4.77. The van der Waals surface area contributed by atoms with E-state index in [0.717, 1.165) is 11.1 Å². The van der Waals surface area contributed by atoms with Crippen molar-refractivity contribution in [1.82, 2.24) is 24.6 Å². The van der Waals surface area contributed by atoms with E-state index in [-0.39, 0.29) is 17.9 Å². The smallest absolute Gasteiger partial charge is 0.264 e. The Balaban J connectivity index is 1.40. The summed E-state index contributed by atoms with van der Waals surface area (Å²) < 4.78 is 3.19. The van der Waals surface area contributed by atoms with Crippen LogP contribution in [0.15, 0.2) is 71.9 Å². The third kappa shape index (κ3) is 4.41. The quantitative estimate of drug-likeness (QED) is 0.497. The van der Waals surface area contributed by atoms with E-state index < -0.39 is 0 Å². The van der Waals surface area contributed by atoms with Gasteiger partial charge in [-0.15, -0.1) is 0 Å². The lowest BCUT2D eigenvalue weighted by Gasteiger charge is -2.08. The van der Waals surface area contributed by atoms with Gasteiger partial charge >= 0.3 is 0 Å². The predicted molar refractivity (Wildman–Crippen MR) is 115 cm³/mol. The van der Waals surface area contributed by atoms with Crippen LogP contribution >= 0.6 is 11.6 Å². The SMILES string of the molecule is O=C(Cc1ccccc1Cl)NCCn1ncc2c(=O)n(Cc3ccccc3)cnc21. The summed E-state index contributed by atoms with van der Waals surface area (Å²) in [6.07, 6.45) is 3.27. The van der Waals surface area contributed by atoms with Gasteiger partial charge in [-0.05, 0) is 17.2 Å². The molecule has 1 N–H and O–H groups in total. The van der Waals surface area contributed by atoms with Crippen molar-refractivity contribution >= 4 is 28.5 Å². The molecule has 30 heavy (non-hydrogen) atoms. The average Bonchev–Trinajstić information content (AvgIpc) is 3.16. The first-order valence-corrected chi connectivity index (χ1v) is 9.94. The lowest BCUT2D eigenvalue weighted by Crippen LogP contribution is -2.29. The molecule has 8 heteroatoms. The summed E-state index contributed by atoms with van der Waals surface area (Å²) in [4.78, 5) is 29.3. The van der Waals surface area contributed by atoms with Crippen molar-refractivity contribution < 1.29 is 4.79 Å². The molecule has 0 bridgehead atoms. The monoisotopic (exact) mass is 421 g/mol. The second kappa shape index (κ2) is 8.92. The molecule has 2 heterocycles. The molecule has 4 aromatic rings. The van der Waals surface area contributed by atoms with Gasteiger partial charge < -0.3 is 5.32 Å². The molecule has 0 atom stereocenters. The first-order valence-electron chi connectivity index (χ1n) is 9.57. The van der Waals surface area contributed by atoms with Crippen LogP contribution in [0.3, 0.4) is 0 Å². The Morgan fingerprint density at radius 3 is 2.63 bits per heavy atom. The van der Waals surface area contributed by atoms with Crippen LogP contribution in [0.2, 0.25) is 5.02 Å². The number of nitrogens with zero attached hydrogens (tertiary/aromatic N) is 4. The van der Waals surface area contributed by atoms with Crippen LogP contribution in [0.25, 0.3) is 11.0 Å². The number of aromatic nitrogens is 4. The number of benzene rings is 2. The zero-order chi connectivity index (χ0) is 20.9. The molecule has 0 unspecified atom stereocenters. The molecular weight excluding hydrogens is 402 g/mol. The van der Waals surface area contributed by atoms with Crippen LogP contribution in [0.4, 0.5) is 0 Å². The van der Waals surface area contributed by atoms with Gasteiger partial charge in [0.2, 0.25) is 5.91 Å². The van der Waals surface area contributed by atoms with Crippen LogP contribution in [0.5, 0.6) is 0 Å². The van der Waals surface area contributed by atoms with Gasteiger partial charge in [0, 0.05) is 11.6 Å². The molecule has 0 saturated carbocycles. The van der Waals surface area contributed by atoms with E-state index >= 15 is 0 Å². The van der Waals surface area contributed by atoms with E-state index in [0.29, 0.717) is 35.7 Å². The minimum Gasteiger partial charge on any atom is -0.354 e. The molecule has 2 aromatic heterocycles. The van der Waals surface area contributed by atoms with Gasteiger partial charge in [-0.2, -0.15) is 5.10 Å². The number of halogens is 1. The normalized spacial score (nSPS) is 11.0. The van der Waals surface area contributed by atoms with E-state index in [4.69, 9.17) is 11.6 Å². The second-order valence-corrected chi connectivity index (χ2v) is 7.29. The lowest BCUT2D eigenvalue weighted by molar-refractivity contribution is -0.120. The number of carbonyl (C=O) groups is 1. The van der Waals surface area contributed by atoms with Crippen LogP contribution < -0.4 is 10.9 Å². The highest BCUT2D eigenvalue weighted by Crippen LogP contribution is 2.15. The number of amides is 1. The Hall–Kier alpha value is -3.45. The number of hydrogen-bond donors (Lipinski definition) is 1. The Bertz CT molecular complexity index is 1230. The highest BCUT2D eigenvalue weighted by atomic mass is 35.5. The van der Waals surface area contributed by atoms with Crippen LogP contribution in [-0.2, 0) is 24.3 Å². The summed E-state index contributed by atoms with van der Waals surface area (Å²) in [5.41, 5.74) is 2.17. The third-order valence-corrected chi connectivity index (χ3v) is 5.14. The molecule has 0 saturated heterocycles. The van der Waals surface area contributed by atoms with E-state index in [2.05, 4.69) is 15.4 Å². The molecule has 0 radical (unpaired) electrons. The van der Waals surface area contributed by atoms with Crippen LogP contribution in [-0.4, -0.2) is 31.8 Å². The average molecular weight is 422 g/mol. The van der Waals surface area contributed by atoms with Crippen molar-refractivity contribution in [2.75, 3.05) is 6.54 Å². The number of fused-ring (bicyclic) bond motifs is 1. The molecule has 2 aromatic carbocycles. The lowest BCUT2D eigenvalue weighted by atomic mass is 10.1. The van der Waals surface area contributed by atoms with Crippen molar-refractivity contribution in [2.45, 2.75) is 19.5 Å². The minimum atomic E-state index is -0.141. The first kappa shape index (κ1) is 19.8. The Kier molecular flexibility index (Phi) is 5.90. The van der Waals surface area contributed by atoms with Gasteiger partial charge in [-0.1, -0.05) is 60.1 Å². The van der Waals surface area contributed by atoms with E-state index in [1.54, 1.807) is 15.3 Å². The van der Waals surface area contributed by atoms with Gasteiger partial charge in [0.15, 0.2) is 5.65 Å². The molecule has 0 fully saturated rings. The summed E-state index contributed by atoms with van der Waals surface area (Å²) in [6.45, 7) is 1.23.